The minimum Gasteiger partial charge on any atom is -0.308 e. The van der Waals surface area contributed by atoms with Crippen LogP contribution in [0.5, 0.6) is 0 Å². The molecule has 3 rings (SSSR count). The highest BCUT2D eigenvalue weighted by molar-refractivity contribution is 7.22. The molecule has 1 aromatic carbocycles. The van der Waals surface area contributed by atoms with Gasteiger partial charge in [-0.1, -0.05) is 40.6 Å². The van der Waals surface area contributed by atoms with Crippen LogP contribution in [0.25, 0.3) is 10.2 Å². The van der Waals surface area contributed by atoms with Crippen LogP contribution in [0.2, 0.25) is 8.67 Å². The zero-order chi connectivity index (χ0) is 18.1. The van der Waals surface area contributed by atoms with Crippen molar-refractivity contribution in [2.24, 2.45) is 0 Å². The van der Waals surface area contributed by atoms with Crippen molar-refractivity contribution in [1.82, 2.24) is 9.88 Å². The second-order valence-electron chi connectivity index (χ2n) is 5.97. The van der Waals surface area contributed by atoms with Gasteiger partial charge in [-0.05, 0) is 44.8 Å². The lowest BCUT2D eigenvalue weighted by Crippen LogP contribution is -2.36. The molecule has 0 unspecified atom stereocenters. The first-order valence-electron chi connectivity index (χ1n) is 7.64. The normalized spacial score (nSPS) is 11.0. The fourth-order valence-electron chi connectivity index (χ4n) is 2.35. The number of anilines is 1. The average Bonchev–Trinajstić information content (AvgIpc) is 3.09. The van der Waals surface area contributed by atoms with Crippen LogP contribution in [-0.4, -0.2) is 43.0 Å². The van der Waals surface area contributed by atoms with Crippen molar-refractivity contribution in [2.75, 3.05) is 32.1 Å². The highest BCUT2D eigenvalue weighted by Gasteiger charge is 2.24. The van der Waals surface area contributed by atoms with E-state index in [2.05, 4.69) is 11.1 Å². The van der Waals surface area contributed by atoms with Crippen molar-refractivity contribution in [3.8, 4) is 0 Å². The van der Waals surface area contributed by atoms with E-state index in [9.17, 15) is 4.79 Å². The Balaban J connectivity index is 0.00000243. The lowest BCUT2D eigenvalue weighted by molar-refractivity contribution is 0.0986. The first kappa shape index (κ1) is 21.4. The summed E-state index contributed by atoms with van der Waals surface area (Å²) < 4.78 is 1.97. The van der Waals surface area contributed by atoms with Gasteiger partial charge in [-0.2, -0.15) is 0 Å². The molecule has 9 heteroatoms. The Kier molecular flexibility index (Phi) is 7.30. The Morgan fingerprint density at radius 3 is 2.50 bits per heavy atom. The number of thiazole rings is 1. The predicted molar refractivity (Wildman–Crippen MR) is 116 cm³/mol. The van der Waals surface area contributed by atoms with Crippen LogP contribution in [0, 0.1) is 6.92 Å². The van der Waals surface area contributed by atoms with Gasteiger partial charge in [-0.3, -0.25) is 9.69 Å². The molecule has 0 atom stereocenters. The number of benzene rings is 1. The topological polar surface area (TPSA) is 36.4 Å². The summed E-state index contributed by atoms with van der Waals surface area (Å²) in [5.74, 6) is -0.175. The molecule has 0 aliphatic rings. The minimum absolute atomic E-state index is 0. The largest absolute Gasteiger partial charge is 0.308 e. The molecule has 3 aromatic rings. The molecule has 0 saturated heterocycles. The summed E-state index contributed by atoms with van der Waals surface area (Å²) in [6.07, 6.45) is 0. The van der Waals surface area contributed by atoms with Gasteiger partial charge in [0, 0.05) is 13.1 Å². The van der Waals surface area contributed by atoms with Crippen LogP contribution in [0.4, 0.5) is 5.13 Å². The predicted octanol–water partition coefficient (Wildman–Crippen LogP) is 5.60. The maximum Gasteiger partial charge on any atom is 0.262 e. The van der Waals surface area contributed by atoms with Gasteiger partial charge in [0.1, 0.15) is 4.34 Å². The Morgan fingerprint density at radius 2 is 1.88 bits per heavy atom. The third-order valence-corrected chi connectivity index (χ3v) is 6.20. The first-order chi connectivity index (χ1) is 11.8. The number of nitrogens with zero attached hydrogens (tertiary/aromatic N) is 3. The van der Waals surface area contributed by atoms with E-state index >= 15 is 0 Å². The van der Waals surface area contributed by atoms with E-state index < -0.39 is 0 Å². The van der Waals surface area contributed by atoms with Crippen molar-refractivity contribution < 1.29 is 4.79 Å². The molecule has 1 amide bonds. The van der Waals surface area contributed by atoms with Crippen LogP contribution in [0.3, 0.4) is 0 Å². The van der Waals surface area contributed by atoms with E-state index in [1.54, 1.807) is 11.0 Å². The SMILES string of the molecule is Cc1ccc2nc(N(CCN(C)C)C(=O)c3cc(Cl)sc3Cl)sc2c1.Cl. The number of aryl methyl sites for hydroxylation is 1. The number of carbonyl (C=O) groups excluding carboxylic acids is 1. The van der Waals surface area contributed by atoms with Crippen LogP contribution >= 0.6 is 58.3 Å². The van der Waals surface area contributed by atoms with E-state index in [-0.39, 0.29) is 18.3 Å². The van der Waals surface area contributed by atoms with Gasteiger partial charge in [-0.15, -0.1) is 23.7 Å². The second kappa shape index (κ2) is 8.87. The molecule has 0 spiro atoms. The monoisotopic (exact) mass is 449 g/mol. The summed E-state index contributed by atoms with van der Waals surface area (Å²) in [5.41, 5.74) is 2.48. The number of halogens is 3. The summed E-state index contributed by atoms with van der Waals surface area (Å²) in [7, 11) is 3.94. The number of hydrogen-bond acceptors (Lipinski definition) is 5. The number of aromatic nitrogens is 1. The molecule has 0 bridgehead atoms. The molecular weight excluding hydrogens is 433 g/mol. The molecule has 0 fully saturated rings. The molecular formula is C17H18Cl3N3OS2. The van der Waals surface area contributed by atoms with Gasteiger partial charge in [0.05, 0.1) is 20.1 Å². The summed E-state index contributed by atoms with van der Waals surface area (Å²) >= 11 is 14.9. The Morgan fingerprint density at radius 1 is 1.15 bits per heavy atom. The summed E-state index contributed by atoms with van der Waals surface area (Å²) in [6, 6.07) is 7.71. The van der Waals surface area contributed by atoms with E-state index in [0.29, 0.717) is 25.9 Å². The lowest BCUT2D eigenvalue weighted by atomic mass is 10.2. The summed E-state index contributed by atoms with van der Waals surface area (Å²) in [4.78, 5) is 21.4. The molecule has 0 aliphatic carbocycles. The molecule has 26 heavy (non-hydrogen) atoms. The van der Waals surface area contributed by atoms with Gasteiger partial charge in [0.25, 0.3) is 5.91 Å². The maximum absolute atomic E-state index is 13.1. The Bertz CT molecular complexity index is 923. The molecule has 0 aliphatic heterocycles. The van der Waals surface area contributed by atoms with Crippen LogP contribution in [-0.2, 0) is 0 Å². The Labute approximate surface area is 176 Å². The molecule has 4 nitrogen and oxygen atoms in total. The van der Waals surface area contributed by atoms with E-state index in [1.807, 2.05) is 38.1 Å². The highest BCUT2D eigenvalue weighted by atomic mass is 35.5. The molecule has 2 heterocycles. The van der Waals surface area contributed by atoms with E-state index in [0.717, 1.165) is 16.8 Å². The number of likely N-dealkylation sites (N-methyl/N-ethyl adjacent to an activating group) is 1. The van der Waals surface area contributed by atoms with Crippen molar-refractivity contribution in [3.05, 3.63) is 44.1 Å². The third-order valence-electron chi connectivity index (χ3n) is 3.67. The van der Waals surface area contributed by atoms with Gasteiger partial charge >= 0.3 is 0 Å². The number of carbonyl (C=O) groups is 1. The van der Waals surface area contributed by atoms with Gasteiger partial charge in [0.2, 0.25) is 0 Å². The maximum atomic E-state index is 13.1. The van der Waals surface area contributed by atoms with Crippen LogP contribution in [0.15, 0.2) is 24.3 Å². The zero-order valence-corrected chi connectivity index (χ0v) is 18.4. The Hall–Kier alpha value is -0.890. The van der Waals surface area contributed by atoms with E-state index in [4.69, 9.17) is 23.2 Å². The highest BCUT2D eigenvalue weighted by Crippen LogP contribution is 2.35. The summed E-state index contributed by atoms with van der Waals surface area (Å²) in [6.45, 7) is 3.28. The second-order valence-corrected chi connectivity index (χ2v) is 9.26. The molecule has 2 aromatic heterocycles. The summed E-state index contributed by atoms with van der Waals surface area (Å²) in [5, 5.41) is 0.672. The zero-order valence-electron chi connectivity index (χ0n) is 14.5. The quantitative estimate of drug-likeness (QED) is 0.507. The number of amides is 1. The number of fused-ring (bicyclic) bond motifs is 1. The lowest BCUT2D eigenvalue weighted by Gasteiger charge is -2.21. The minimum atomic E-state index is -0.175. The molecule has 140 valence electrons. The van der Waals surface area contributed by atoms with Crippen molar-refractivity contribution in [1.29, 1.82) is 0 Å². The number of rotatable bonds is 5. The first-order valence-corrected chi connectivity index (χ1v) is 10.0. The number of hydrogen-bond donors (Lipinski definition) is 0. The van der Waals surface area contributed by atoms with Gasteiger partial charge in [0.15, 0.2) is 5.13 Å². The molecule has 0 radical (unpaired) electrons. The number of thiophene rings is 1. The third kappa shape index (κ3) is 4.68. The molecule has 0 saturated carbocycles. The molecule has 0 N–H and O–H groups in total. The fourth-order valence-corrected chi connectivity index (χ4v) is 4.89. The average molecular weight is 451 g/mol. The van der Waals surface area contributed by atoms with Crippen molar-refractivity contribution >= 4 is 79.5 Å². The van der Waals surface area contributed by atoms with Crippen molar-refractivity contribution in [2.45, 2.75) is 6.92 Å². The standard InChI is InChI=1S/C17H17Cl2N3OS2.ClH/c1-10-4-5-12-13(8-10)24-17(20-12)22(7-6-21(2)3)16(23)11-9-14(18)25-15(11)19;/h4-5,8-9H,6-7H2,1-3H3;1H. The van der Waals surface area contributed by atoms with Crippen LogP contribution < -0.4 is 4.90 Å². The smallest absolute Gasteiger partial charge is 0.262 e. The van der Waals surface area contributed by atoms with E-state index in [1.165, 1.54) is 28.2 Å². The van der Waals surface area contributed by atoms with Gasteiger partial charge in [-0.25, -0.2) is 4.98 Å². The van der Waals surface area contributed by atoms with Gasteiger partial charge < -0.3 is 4.90 Å². The van der Waals surface area contributed by atoms with Crippen LogP contribution in [0.1, 0.15) is 15.9 Å². The van der Waals surface area contributed by atoms with Crippen molar-refractivity contribution in [3.63, 3.8) is 0 Å². The fraction of sp³-hybridized carbons (Fsp3) is 0.294.